The molecule has 0 radical (unpaired) electrons. The monoisotopic (exact) mass is 241 g/mol. The van der Waals surface area contributed by atoms with Crippen molar-refractivity contribution >= 4 is 11.8 Å². The van der Waals surface area contributed by atoms with Crippen LogP contribution < -0.4 is 11.5 Å². The van der Waals surface area contributed by atoms with Crippen molar-refractivity contribution in [2.45, 2.75) is 38.5 Å². The van der Waals surface area contributed by atoms with E-state index in [0.717, 1.165) is 38.8 Å². The highest BCUT2D eigenvalue weighted by Gasteiger charge is 2.23. The molecule has 0 saturated carbocycles. The number of carbonyl (C=O) groups excluding carboxylic acids is 2. The Bertz CT molecular complexity index is 260. The van der Waals surface area contributed by atoms with Gasteiger partial charge in [-0.25, -0.2) is 0 Å². The van der Waals surface area contributed by atoms with E-state index in [4.69, 9.17) is 11.5 Å². The van der Waals surface area contributed by atoms with Crippen LogP contribution in [0.15, 0.2) is 0 Å². The van der Waals surface area contributed by atoms with Gasteiger partial charge in [-0.15, -0.1) is 0 Å². The van der Waals surface area contributed by atoms with E-state index in [0.29, 0.717) is 25.3 Å². The van der Waals surface area contributed by atoms with Crippen LogP contribution in [0.4, 0.5) is 0 Å². The van der Waals surface area contributed by atoms with Crippen LogP contribution in [0, 0.1) is 5.92 Å². The first-order valence-electron chi connectivity index (χ1n) is 6.39. The number of nitrogens with zero attached hydrogens (tertiary/aromatic N) is 1. The number of likely N-dealkylation sites (tertiary alicyclic amines) is 1. The zero-order chi connectivity index (χ0) is 12.7. The summed E-state index contributed by atoms with van der Waals surface area (Å²) in [6.07, 6.45) is 4.62. The number of rotatable bonds is 6. The maximum absolute atomic E-state index is 11.8. The maximum Gasteiger partial charge on any atom is 0.222 e. The molecule has 1 aliphatic heterocycles. The summed E-state index contributed by atoms with van der Waals surface area (Å²) in [5.41, 5.74) is 10.6. The molecular weight excluding hydrogens is 218 g/mol. The summed E-state index contributed by atoms with van der Waals surface area (Å²) in [7, 11) is 0. The Morgan fingerprint density at radius 2 is 1.82 bits per heavy atom. The smallest absolute Gasteiger partial charge is 0.222 e. The molecule has 1 rings (SSSR count). The molecule has 17 heavy (non-hydrogen) atoms. The third-order valence-electron chi connectivity index (χ3n) is 3.30. The van der Waals surface area contributed by atoms with E-state index in [9.17, 15) is 9.59 Å². The van der Waals surface area contributed by atoms with Crippen molar-refractivity contribution in [3.8, 4) is 0 Å². The Morgan fingerprint density at radius 1 is 1.18 bits per heavy atom. The number of unbranched alkanes of at least 4 members (excludes halogenated alkanes) is 1. The van der Waals surface area contributed by atoms with Gasteiger partial charge in [0.05, 0.1) is 0 Å². The molecule has 0 aromatic carbocycles. The minimum Gasteiger partial charge on any atom is -0.370 e. The fourth-order valence-corrected chi connectivity index (χ4v) is 2.25. The third-order valence-corrected chi connectivity index (χ3v) is 3.30. The van der Waals surface area contributed by atoms with Gasteiger partial charge in [0.1, 0.15) is 0 Å². The summed E-state index contributed by atoms with van der Waals surface area (Å²) in [5, 5.41) is 0. The van der Waals surface area contributed by atoms with Crippen LogP contribution in [0.3, 0.4) is 0 Å². The largest absolute Gasteiger partial charge is 0.370 e. The molecule has 0 atom stereocenters. The minimum absolute atomic E-state index is 0.218. The predicted molar refractivity (Wildman–Crippen MR) is 66.0 cm³/mol. The predicted octanol–water partition coefficient (Wildman–Crippen LogP) is 0.229. The lowest BCUT2D eigenvalue weighted by Gasteiger charge is -2.31. The van der Waals surface area contributed by atoms with Crippen LogP contribution >= 0.6 is 0 Å². The first-order chi connectivity index (χ1) is 8.13. The van der Waals surface area contributed by atoms with E-state index in [2.05, 4.69) is 0 Å². The van der Waals surface area contributed by atoms with E-state index in [-0.39, 0.29) is 11.8 Å². The number of hydrogen-bond donors (Lipinski definition) is 2. The lowest BCUT2D eigenvalue weighted by molar-refractivity contribution is -0.132. The molecule has 2 amide bonds. The van der Waals surface area contributed by atoms with Crippen molar-refractivity contribution in [1.29, 1.82) is 0 Å². The minimum atomic E-state index is -0.238. The molecular formula is C12H23N3O2. The van der Waals surface area contributed by atoms with Gasteiger partial charge in [-0.05, 0) is 38.1 Å². The fourth-order valence-electron chi connectivity index (χ4n) is 2.25. The second kappa shape index (κ2) is 7.27. The summed E-state index contributed by atoms with van der Waals surface area (Å²) in [4.78, 5) is 24.5. The SMILES string of the molecule is NCCCCC(=O)N1CCC(CC(N)=O)CC1. The molecule has 98 valence electrons. The van der Waals surface area contributed by atoms with E-state index in [1.54, 1.807) is 0 Å². The highest BCUT2D eigenvalue weighted by atomic mass is 16.2. The van der Waals surface area contributed by atoms with Crippen molar-refractivity contribution in [3.63, 3.8) is 0 Å². The summed E-state index contributed by atoms with van der Waals surface area (Å²) in [5.74, 6) is 0.342. The van der Waals surface area contributed by atoms with Gasteiger partial charge in [-0.3, -0.25) is 9.59 Å². The second-order valence-electron chi connectivity index (χ2n) is 4.74. The van der Waals surface area contributed by atoms with Crippen molar-refractivity contribution in [2.24, 2.45) is 17.4 Å². The normalized spacial score (nSPS) is 17.1. The molecule has 4 N–H and O–H groups in total. The number of hydrogen-bond acceptors (Lipinski definition) is 3. The Balaban J connectivity index is 2.21. The first kappa shape index (κ1) is 14.0. The van der Waals surface area contributed by atoms with Gasteiger partial charge in [0.2, 0.25) is 11.8 Å². The van der Waals surface area contributed by atoms with E-state index >= 15 is 0 Å². The Morgan fingerprint density at radius 3 is 2.35 bits per heavy atom. The maximum atomic E-state index is 11.8. The molecule has 0 aliphatic carbocycles. The number of nitrogens with two attached hydrogens (primary N) is 2. The van der Waals surface area contributed by atoms with Crippen LogP contribution in [-0.2, 0) is 9.59 Å². The fraction of sp³-hybridized carbons (Fsp3) is 0.833. The number of amides is 2. The van der Waals surface area contributed by atoms with Crippen LogP contribution in [0.25, 0.3) is 0 Å². The molecule has 1 aliphatic rings. The van der Waals surface area contributed by atoms with Gasteiger partial charge >= 0.3 is 0 Å². The lowest BCUT2D eigenvalue weighted by Crippen LogP contribution is -2.39. The summed E-state index contributed by atoms with van der Waals surface area (Å²) in [6, 6.07) is 0. The molecule has 0 spiro atoms. The third kappa shape index (κ3) is 5.17. The van der Waals surface area contributed by atoms with Crippen LogP contribution in [0.1, 0.15) is 38.5 Å². The Hall–Kier alpha value is -1.10. The molecule has 1 saturated heterocycles. The second-order valence-corrected chi connectivity index (χ2v) is 4.74. The molecule has 0 aromatic heterocycles. The summed E-state index contributed by atoms with van der Waals surface area (Å²) in [6.45, 7) is 2.17. The van der Waals surface area contributed by atoms with Gasteiger partial charge < -0.3 is 16.4 Å². The molecule has 1 heterocycles. The molecule has 5 nitrogen and oxygen atoms in total. The van der Waals surface area contributed by atoms with Crippen LogP contribution in [-0.4, -0.2) is 36.3 Å². The zero-order valence-electron chi connectivity index (χ0n) is 10.4. The van der Waals surface area contributed by atoms with E-state index in [1.807, 2.05) is 4.90 Å². The lowest BCUT2D eigenvalue weighted by atomic mass is 9.93. The van der Waals surface area contributed by atoms with Crippen molar-refractivity contribution in [2.75, 3.05) is 19.6 Å². The average Bonchev–Trinajstić information content (AvgIpc) is 2.29. The Labute approximate surface area is 103 Å². The van der Waals surface area contributed by atoms with Gasteiger partial charge in [0.15, 0.2) is 0 Å². The quantitative estimate of drug-likeness (QED) is 0.652. The number of primary amides is 1. The van der Waals surface area contributed by atoms with Crippen molar-refractivity contribution < 1.29 is 9.59 Å². The van der Waals surface area contributed by atoms with Crippen molar-refractivity contribution in [1.82, 2.24) is 4.90 Å². The van der Waals surface area contributed by atoms with Crippen LogP contribution in [0.5, 0.6) is 0 Å². The van der Waals surface area contributed by atoms with Gasteiger partial charge in [0, 0.05) is 25.9 Å². The zero-order valence-corrected chi connectivity index (χ0v) is 10.4. The highest BCUT2D eigenvalue weighted by molar-refractivity contribution is 5.76. The van der Waals surface area contributed by atoms with E-state index in [1.165, 1.54) is 0 Å². The van der Waals surface area contributed by atoms with Gasteiger partial charge in [-0.2, -0.15) is 0 Å². The van der Waals surface area contributed by atoms with Crippen molar-refractivity contribution in [3.05, 3.63) is 0 Å². The first-order valence-corrected chi connectivity index (χ1v) is 6.39. The average molecular weight is 241 g/mol. The summed E-state index contributed by atoms with van der Waals surface area (Å²) >= 11 is 0. The number of piperidine rings is 1. The van der Waals surface area contributed by atoms with Crippen LogP contribution in [0.2, 0.25) is 0 Å². The van der Waals surface area contributed by atoms with E-state index < -0.39 is 0 Å². The molecule has 5 heteroatoms. The van der Waals surface area contributed by atoms with Gasteiger partial charge in [-0.1, -0.05) is 0 Å². The highest BCUT2D eigenvalue weighted by Crippen LogP contribution is 2.20. The standard InChI is InChI=1S/C12H23N3O2/c13-6-2-1-3-12(17)15-7-4-10(5-8-15)9-11(14)16/h10H,1-9,13H2,(H2,14,16). The molecule has 0 unspecified atom stereocenters. The Kier molecular flexibility index (Phi) is 5.97. The van der Waals surface area contributed by atoms with Gasteiger partial charge in [0.25, 0.3) is 0 Å². The number of carbonyl (C=O) groups is 2. The molecule has 0 aromatic rings. The molecule has 0 bridgehead atoms. The summed E-state index contributed by atoms with van der Waals surface area (Å²) < 4.78 is 0. The molecule has 1 fully saturated rings. The topological polar surface area (TPSA) is 89.4 Å².